The molecule has 0 aliphatic carbocycles. The van der Waals surface area contributed by atoms with E-state index in [1.165, 1.54) is 0 Å². The zero-order chi connectivity index (χ0) is 67.4. The van der Waals surface area contributed by atoms with Crippen LogP contribution in [-0.2, 0) is 102 Å². The van der Waals surface area contributed by atoms with E-state index < -0.39 is 116 Å². The third-order valence-corrected chi connectivity index (χ3v) is 15.8. The Balaban J connectivity index is 0.00000408. The highest BCUT2D eigenvalue weighted by molar-refractivity contribution is 5.99. The van der Waals surface area contributed by atoms with Gasteiger partial charge in [-0.25, -0.2) is 23.7 Å². The molecule has 4 aliphatic rings. The van der Waals surface area contributed by atoms with Crippen LogP contribution in [0.5, 0.6) is 5.75 Å². The first-order valence-electron chi connectivity index (χ1n) is 30.4. The Morgan fingerprint density at radius 1 is 0.378 bits per heavy atom. The lowest BCUT2D eigenvalue weighted by molar-refractivity contribution is -0.671. The summed E-state index contributed by atoms with van der Waals surface area (Å²) in [7, 11) is 5.89. The van der Waals surface area contributed by atoms with Crippen LogP contribution in [0, 0.1) is 0 Å². The van der Waals surface area contributed by atoms with E-state index in [1.54, 1.807) is 12.1 Å². The average molecular weight is 1680 g/mol. The molecule has 0 spiro atoms. The van der Waals surface area contributed by atoms with E-state index in [4.69, 9.17) is 62.1 Å². The number of aromatic nitrogens is 7. The van der Waals surface area contributed by atoms with Crippen LogP contribution in [0.2, 0.25) is 0 Å². The van der Waals surface area contributed by atoms with Crippen molar-refractivity contribution in [3.05, 3.63) is 145 Å². The number of carbonyl (C=O) groups excluding carboxylic acids is 7. The van der Waals surface area contributed by atoms with Crippen LogP contribution >= 0.6 is 0 Å². The van der Waals surface area contributed by atoms with Crippen LogP contribution in [-0.4, -0.2) is 136 Å². The number of esters is 7. The van der Waals surface area contributed by atoms with Crippen molar-refractivity contribution in [3.8, 4) is 50.3 Å². The Labute approximate surface area is 614 Å². The van der Waals surface area contributed by atoms with Gasteiger partial charge in [0.05, 0.1) is 22.8 Å². The van der Waals surface area contributed by atoms with Crippen LogP contribution in [0.3, 0.4) is 0 Å². The van der Waals surface area contributed by atoms with Gasteiger partial charge in [0.1, 0.15) is 58.4 Å². The van der Waals surface area contributed by atoms with Crippen LogP contribution < -0.4 is 90.4 Å². The van der Waals surface area contributed by atoms with Crippen molar-refractivity contribution in [2.75, 3.05) is 13.2 Å². The SMILES string of the molecule is CC(=O)OC[C@H]1O[C@@H](O[C@H]2[C@H](OC(C)=O)[C@@H](OC(C)=O)[C@H](Oc3ccc(-c4c5nc(c(-c6cc[n+](C)cc6)c6ccc([nH]6)c(-c6cc[n+](C)cc6)c6nc(c(-c7cc[n+](C)cc7)c7ccc4[nH]7)C=C6)C=C5)cc3)O[C@@H]2COC(C)=O)[C@H](OC(C)=O)[C@@H](OC(C)=O)[C@H]1OC(C)=O.[I-].[I-].[I-]. The Hall–Kier alpha value is -8.57. The molecule has 98 heavy (non-hydrogen) atoms. The summed E-state index contributed by atoms with van der Waals surface area (Å²) in [6, 6.07) is 27.4. The number of carbonyl (C=O) groups is 7. The quantitative estimate of drug-likeness (QED) is 0.0424. The summed E-state index contributed by atoms with van der Waals surface area (Å²) in [5, 5.41) is 0. The highest BCUT2D eigenvalue weighted by atomic mass is 127. The maximum Gasteiger partial charge on any atom is 0.303 e. The van der Waals surface area contributed by atoms with Gasteiger partial charge in [-0.15, -0.1) is 0 Å². The molecule has 28 heteroatoms. The number of pyridine rings is 3. The average Bonchev–Trinajstić information content (AvgIpc) is 1.35. The smallest absolute Gasteiger partial charge is 0.303 e. The summed E-state index contributed by atoms with van der Waals surface area (Å²) in [4.78, 5) is 108. The molecule has 10 heterocycles. The molecule has 2 fully saturated rings. The molecular formula is C70H70I3N7O18. The molecule has 2 saturated heterocycles. The van der Waals surface area contributed by atoms with Crippen LogP contribution in [0.4, 0.5) is 0 Å². The highest BCUT2D eigenvalue weighted by Crippen LogP contribution is 2.41. The highest BCUT2D eigenvalue weighted by Gasteiger charge is 2.58. The number of nitrogens with one attached hydrogen (secondary N) is 2. The molecule has 514 valence electrons. The number of aryl methyl sites for hydroxylation is 3. The number of halogens is 3. The number of benzene rings is 1. The predicted octanol–water partition coefficient (Wildman–Crippen LogP) is -2.19. The fourth-order valence-electron chi connectivity index (χ4n) is 11.8. The number of fused-ring (bicyclic) bond motifs is 8. The molecule has 2 N–H and O–H groups in total. The van der Waals surface area contributed by atoms with Gasteiger partial charge in [0.2, 0.25) is 12.4 Å². The van der Waals surface area contributed by atoms with E-state index in [1.807, 2.05) is 145 Å². The second-order valence-electron chi connectivity index (χ2n) is 23.1. The van der Waals surface area contributed by atoms with E-state index in [9.17, 15) is 33.6 Å². The van der Waals surface area contributed by atoms with Crippen molar-refractivity contribution >= 4 is 88.2 Å². The molecule has 1 aromatic carbocycles. The molecular weight excluding hydrogens is 1610 g/mol. The second kappa shape index (κ2) is 32.9. The molecule has 8 bridgehead atoms. The molecule has 6 aromatic heterocycles. The van der Waals surface area contributed by atoms with Crippen molar-refractivity contribution in [2.24, 2.45) is 21.1 Å². The van der Waals surface area contributed by atoms with E-state index in [0.717, 1.165) is 110 Å². The Kier molecular flexibility index (Phi) is 25.2. The lowest BCUT2D eigenvalue weighted by Crippen LogP contribution is -3.00. The summed E-state index contributed by atoms with van der Waals surface area (Å²) < 4.78 is 71.3. The van der Waals surface area contributed by atoms with E-state index >= 15 is 0 Å². The first-order chi connectivity index (χ1) is 45.5. The zero-order valence-corrected chi connectivity index (χ0v) is 61.2. The van der Waals surface area contributed by atoms with Gasteiger partial charge in [0, 0.05) is 129 Å². The number of hydrogen-bond donors (Lipinski definition) is 2. The summed E-state index contributed by atoms with van der Waals surface area (Å²) in [5.41, 5.74) is 12.6. The Morgan fingerprint density at radius 2 is 0.673 bits per heavy atom. The van der Waals surface area contributed by atoms with Crippen LogP contribution in [0.15, 0.2) is 122 Å². The van der Waals surface area contributed by atoms with Crippen molar-refractivity contribution in [3.63, 3.8) is 0 Å². The molecule has 0 radical (unpaired) electrons. The minimum absolute atomic E-state index is 0. The van der Waals surface area contributed by atoms with Gasteiger partial charge < -0.3 is 134 Å². The Bertz CT molecular complexity index is 4330. The van der Waals surface area contributed by atoms with Gasteiger partial charge in [-0.3, -0.25) is 33.6 Å². The molecule has 25 nitrogen and oxygen atoms in total. The summed E-state index contributed by atoms with van der Waals surface area (Å²) >= 11 is 0. The monoisotopic (exact) mass is 1680 g/mol. The van der Waals surface area contributed by atoms with Gasteiger partial charge >= 0.3 is 41.8 Å². The maximum absolute atomic E-state index is 13.3. The first kappa shape index (κ1) is 75.2. The number of rotatable bonds is 17. The van der Waals surface area contributed by atoms with E-state index in [2.05, 4.69) is 34.2 Å². The minimum Gasteiger partial charge on any atom is -1.00 e. The third kappa shape index (κ3) is 17.5. The molecule has 11 rings (SSSR count). The van der Waals surface area contributed by atoms with E-state index in [-0.39, 0.29) is 77.7 Å². The molecule has 4 aliphatic heterocycles. The molecule has 0 amide bonds. The zero-order valence-electron chi connectivity index (χ0n) is 54.8. The van der Waals surface area contributed by atoms with Crippen molar-refractivity contribution in [2.45, 2.75) is 110 Å². The van der Waals surface area contributed by atoms with Gasteiger partial charge in [0.15, 0.2) is 67.9 Å². The van der Waals surface area contributed by atoms with Crippen LogP contribution in [0.1, 0.15) is 71.2 Å². The normalized spacial score (nSPS) is 20.6. The largest absolute Gasteiger partial charge is 1.00 e. The molecule has 7 aromatic rings. The number of aromatic amines is 2. The fourth-order valence-corrected chi connectivity index (χ4v) is 11.8. The fraction of sp³-hybridized carbons (Fsp3) is 0.314. The first-order valence-corrected chi connectivity index (χ1v) is 30.4. The lowest BCUT2D eigenvalue weighted by atomic mass is 9.96. The molecule has 0 saturated carbocycles. The number of ether oxygens (including phenoxy) is 11. The lowest BCUT2D eigenvalue weighted by Gasteiger charge is -2.48. The minimum atomic E-state index is -1.88. The van der Waals surface area contributed by atoms with E-state index in [0.29, 0.717) is 28.0 Å². The Morgan fingerprint density at radius 3 is 1.02 bits per heavy atom. The molecule has 10 atom stereocenters. The summed E-state index contributed by atoms with van der Waals surface area (Å²) in [6.45, 7) is 6.34. The standard InChI is InChI=1S/C70H69N7O18.3HI/c1-37(78)85-35-57-63(87-39(3)80)65(88-40(4)81)68(91-43(7)84)70(94-57)95-64-58(36-86-38(2)79)93-69(67(90-42(6)83)66(64)89-41(5)82)92-48-13-11-44(12-14-48)59-49-15-17-51(71-49)60(45-23-29-75(8)30-24-45)53-19-21-55(73-53)62(47-27-33-77(10)34-28-47)56-22-20-54(74-56)61(52-18-16-50(59)72-52)46-25-31-76(9)32-26-46;;;/h11-34,57-58,63-70H,35-36H2,1-10H3,(H,71,72,73,74);3*1H/q+2;;;/p-2/t57-,58-,63+,64-,65+,66+,67-,68-,69-,70+;;;/m1.../s1. The van der Waals surface area contributed by atoms with Crippen LogP contribution in [0.25, 0.3) is 90.9 Å². The predicted molar refractivity (Wildman–Crippen MR) is 338 cm³/mol. The van der Waals surface area contributed by atoms with Crippen molar-refractivity contribution < 1.29 is 171 Å². The second-order valence-corrected chi connectivity index (χ2v) is 23.1. The number of hydrogen-bond acceptors (Lipinski definition) is 20. The van der Waals surface area contributed by atoms with Crippen molar-refractivity contribution in [1.29, 1.82) is 0 Å². The molecule has 0 unspecified atom stereocenters. The summed E-state index contributed by atoms with van der Waals surface area (Å²) in [5.74, 6) is -5.91. The van der Waals surface area contributed by atoms with Crippen molar-refractivity contribution in [1.82, 2.24) is 19.9 Å². The van der Waals surface area contributed by atoms with Gasteiger partial charge in [0.25, 0.3) is 0 Å². The third-order valence-electron chi connectivity index (χ3n) is 15.8. The van der Waals surface area contributed by atoms with Gasteiger partial charge in [-0.05, 0) is 83.0 Å². The maximum atomic E-state index is 13.3. The topological polar surface area (TPSA) is 290 Å². The number of H-pyrrole nitrogens is 2. The number of nitrogens with zero attached hydrogens (tertiary/aromatic N) is 5. The van der Waals surface area contributed by atoms with Gasteiger partial charge in [-0.1, -0.05) is 12.1 Å². The summed E-state index contributed by atoms with van der Waals surface area (Å²) in [6.07, 6.45) is 3.38. The van der Waals surface area contributed by atoms with Gasteiger partial charge in [-0.2, -0.15) is 0 Å².